The van der Waals surface area contributed by atoms with Gasteiger partial charge >= 0.3 is 5.69 Å². The molecule has 2 aromatic heterocycles. The Hall–Kier alpha value is -1.67. The largest absolute Gasteiger partial charge is 0.350 e. The topological polar surface area (TPSA) is 76.7 Å². The van der Waals surface area contributed by atoms with E-state index in [1.165, 1.54) is 25.7 Å². The van der Waals surface area contributed by atoms with E-state index in [-0.39, 0.29) is 10.6 Å². The molecule has 2 aromatic rings. The van der Waals surface area contributed by atoms with Crippen LogP contribution in [0.5, 0.6) is 0 Å². The van der Waals surface area contributed by atoms with E-state index in [0.29, 0.717) is 25.3 Å². The van der Waals surface area contributed by atoms with Gasteiger partial charge in [0.05, 0.1) is 4.90 Å². The van der Waals surface area contributed by atoms with Crippen molar-refractivity contribution in [3.8, 4) is 0 Å². The van der Waals surface area contributed by atoms with E-state index in [9.17, 15) is 13.2 Å². The molecule has 0 saturated carbocycles. The summed E-state index contributed by atoms with van der Waals surface area (Å²) in [6.45, 7) is 3.58. The van der Waals surface area contributed by atoms with Gasteiger partial charge in [-0.05, 0) is 31.4 Å². The molecule has 0 atom stereocenters. The van der Waals surface area contributed by atoms with Gasteiger partial charge in [-0.2, -0.15) is 4.31 Å². The van der Waals surface area contributed by atoms with Crippen molar-refractivity contribution in [2.75, 3.05) is 13.1 Å². The van der Waals surface area contributed by atoms with Gasteiger partial charge in [0.25, 0.3) is 0 Å². The quantitative estimate of drug-likeness (QED) is 0.843. The summed E-state index contributed by atoms with van der Waals surface area (Å²) in [5.74, 6) is 0. The minimum Gasteiger partial charge on any atom is -0.249 e. The van der Waals surface area contributed by atoms with Crippen molar-refractivity contribution >= 4 is 15.7 Å². The number of nitrogens with zero attached hydrogens (tertiary/aromatic N) is 4. The Kier molecular flexibility index (Phi) is 4.05. The van der Waals surface area contributed by atoms with Gasteiger partial charge in [-0.25, -0.2) is 22.3 Å². The molecule has 0 aliphatic carbocycles. The fraction of sp³-hybridized carbons (Fsp3) is 0.571. The molecule has 0 amide bonds. The Labute approximate surface area is 129 Å². The van der Waals surface area contributed by atoms with Gasteiger partial charge in [-0.3, -0.25) is 0 Å². The van der Waals surface area contributed by atoms with Crippen LogP contribution in [0, 0.1) is 0 Å². The molecule has 0 spiro atoms. The minimum atomic E-state index is -3.54. The number of pyridine rings is 1. The van der Waals surface area contributed by atoms with Crippen molar-refractivity contribution in [3.05, 3.63) is 28.8 Å². The van der Waals surface area contributed by atoms with Gasteiger partial charge in [0.15, 0.2) is 5.65 Å². The average molecular weight is 324 g/mol. The van der Waals surface area contributed by atoms with Gasteiger partial charge < -0.3 is 0 Å². The number of fused-ring (bicyclic) bond motifs is 1. The van der Waals surface area contributed by atoms with Crippen molar-refractivity contribution in [3.63, 3.8) is 0 Å². The van der Waals surface area contributed by atoms with Crippen molar-refractivity contribution in [2.24, 2.45) is 0 Å². The van der Waals surface area contributed by atoms with E-state index >= 15 is 0 Å². The molecular weight excluding hydrogens is 304 g/mol. The molecule has 1 saturated heterocycles. The standard InChI is InChI=1S/C14H20N4O3S/c1-2-8-18-14(19)17-11-12(6-7-13(17)15-18)22(20,21)16-9-4-3-5-10-16/h6-7,11H,2-5,8-10H2,1H3. The summed E-state index contributed by atoms with van der Waals surface area (Å²) >= 11 is 0. The van der Waals surface area contributed by atoms with E-state index in [1.807, 2.05) is 6.92 Å². The average Bonchev–Trinajstić information content (AvgIpc) is 2.84. The first kappa shape index (κ1) is 15.2. The van der Waals surface area contributed by atoms with E-state index in [2.05, 4.69) is 5.10 Å². The molecule has 120 valence electrons. The minimum absolute atomic E-state index is 0.153. The van der Waals surface area contributed by atoms with Crippen LogP contribution in [-0.2, 0) is 16.6 Å². The summed E-state index contributed by atoms with van der Waals surface area (Å²) < 4.78 is 29.5. The number of piperidine rings is 1. The second-order valence-corrected chi connectivity index (χ2v) is 7.50. The predicted octanol–water partition coefficient (Wildman–Crippen LogP) is 1.08. The summed E-state index contributed by atoms with van der Waals surface area (Å²) in [5.41, 5.74) is 0.170. The number of rotatable bonds is 4. The predicted molar refractivity (Wildman–Crippen MR) is 82.4 cm³/mol. The van der Waals surface area contributed by atoms with E-state index < -0.39 is 10.0 Å². The van der Waals surface area contributed by atoms with Gasteiger partial charge in [-0.15, -0.1) is 5.10 Å². The van der Waals surface area contributed by atoms with Crippen molar-refractivity contribution in [2.45, 2.75) is 44.0 Å². The van der Waals surface area contributed by atoms with Crippen LogP contribution in [0.25, 0.3) is 5.65 Å². The third-order valence-electron chi connectivity index (χ3n) is 3.94. The molecule has 0 bridgehead atoms. The van der Waals surface area contributed by atoms with Crippen LogP contribution in [0.4, 0.5) is 0 Å². The molecule has 0 aromatic carbocycles. The van der Waals surface area contributed by atoms with Crippen LogP contribution in [0.15, 0.2) is 28.0 Å². The maximum Gasteiger partial charge on any atom is 0.350 e. The maximum absolute atomic E-state index is 12.7. The fourth-order valence-corrected chi connectivity index (χ4v) is 4.28. The van der Waals surface area contributed by atoms with Crippen LogP contribution < -0.4 is 5.69 Å². The van der Waals surface area contributed by atoms with Crippen LogP contribution in [0.3, 0.4) is 0 Å². The van der Waals surface area contributed by atoms with E-state index in [0.717, 1.165) is 25.7 Å². The van der Waals surface area contributed by atoms with E-state index in [4.69, 9.17) is 0 Å². The maximum atomic E-state index is 12.7. The summed E-state index contributed by atoms with van der Waals surface area (Å²) in [6.07, 6.45) is 5.02. The highest BCUT2D eigenvalue weighted by molar-refractivity contribution is 7.89. The SMILES string of the molecule is CCCn1nc2ccc(S(=O)(=O)N3CCCCC3)cn2c1=O. The molecule has 1 aliphatic rings. The second kappa shape index (κ2) is 5.85. The molecule has 1 aliphatic heterocycles. The Morgan fingerprint density at radius 3 is 2.59 bits per heavy atom. The summed E-state index contributed by atoms with van der Waals surface area (Å²) in [5, 5.41) is 4.20. The summed E-state index contributed by atoms with van der Waals surface area (Å²) in [7, 11) is -3.54. The second-order valence-electron chi connectivity index (χ2n) is 5.56. The zero-order valence-electron chi connectivity index (χ0n) is 12.6. The van der Waals surface area contributed by atoms with Crippen molar-refractivity contribution in [1.82, 2.24) is 18.5 Å². The highest BCUT2D eigenvalue weighted by Gasteiger charge is 2.26. The van der Waals surface area contributed by atoms with Gasteiger partial charge in [0, 0.05) is 25.8 Å². The Morgan fingerprint density at radius 2 is 1.91 bits per heavy atom. The summed E-state index contributed by atoms with van der Waals surface area (Å²) in [6, 6.07) is 3.12. The molecule has 1 fully saturated rings. The lowest BCUT2D eigenvalue weighted by atomic mass is 10.2. The molecule has 3 heterocycles. The number of sulfonamides is 1. The third kappa shape index (κ3) is 2.56. The molecule has 0 unspecified atom stereocenters. The monoisotopic (exact) mass is 324 g/mol. The molecule has 0 N–H and O–H groups in total. The van der Waals surface area contributed by atoms with Crippen LogP contribution >= 0.6 is 0 Å². The zero-order chi connectivity index (χ0) is 15.7. The van der Waals surface area contributed by atoms with Crippen molar-refractivity contribution in [1.29, 1.82) is 0 Å². The highest BCUT2D eigenvalue weighted by atomic mass is 32.2. The van der Waals surface area contributed by atoms with E-state index in [1.54, 1.807) is 6.07 Å². The lowest BCUT2D eigenvalue weighted by Crippen LogP contribution is -2.35. The first-order chi connectivity index (χ1) is 10.5. The molecule has 0 radical (unpaired) electrons. The van der Waals surface area contributed by atoms with Crippen molar-refractivity contribution < 1.29 is 8.42 Å². The van der Waals surface area contributed by atoms with Gasteiger partial charge in [-0.1, -0.05) is 13.3 Å². The summed E-state index contributed by atoms with van der Waals surface area (Å²) in [4.78, 5) is 12.4. The van der Waals surface area contributed by atoms with Crippen LogP contribution in [-0.4, -0.2) is 40.0 Å². The molecular formula is C14H20N4O3S. The van der Waals surface area contributed by atoms with Crippen LogP contribution in [0.2, 0.25) is 0 Å². The molecule has 3 rings (SSSR count). The first-order valence-corrected chi connectivity index (χ1v) is 9.07. The fourth-order valence-electron chi connectivity index (χ4n) is 2.76. The number of hydrogen-bond acceptors (Lipinski definition) is 4. The Bertz CT molecular complexity index is 831. The Balaban J connectivity index is 2.04. The lowest BCUT2D eigenvalue weighted by molar-refractivity contribution is 0.346. The zero-order valence-corrected chi connectivity index (χ0v) is 13.4. The smallest absolute Gasteiger partial charge is 0.249 e. The number of hydrogen-bond donors (Lipinski definition) is 0. The normalized spacial score (nSPS) is 17.1. The first-order valence-electron chi connectivity index (χ1n) is 7.63. The molecule has 8 heteroatoms. The third-order valence-corrected chi connectivity index (χ3v) is 5.82. The lowest BCUT2D eigenvalue weighted by Gasteiger charge is -2.25. The molecule has 7 nitrogen and oxygen atoms in total. The number of aryl methyl sites for hydroxylation is 1. The number of aromatic nitrogens is 3. The van der Waals surface area contributed by atoms with Gasteiger partial charge in [0.1, 0.15) is 0 Å². The molecule has 22 heavy (non-hydrogen) atoms. The Morgan fingerprint density at radius 1 is 1.18 bits per heavy atom. The van der Waals surface area contributed by atoms with Gasteiger partial charge in [0.2, 0.25) is 10.0 Å². The van der Waals surface area contributed by atoms with Crippen LogP contribution in [0.1, 0.15) is 32.6 Å². The highest BCUT2D eigenvalue weighted by Crippen LogP contribution is 2.20.